The molecular formula is C55H37NS2. The van der Waals surface area contributed by atoms with E-state index < -0.39 is 0 Å². The first-order valence-corrected chi connectivity index (χ1v) is 21.8. The van der Waals surface area contributed by atoms with Crippen molar-refractivity contribution in [3.05, 3.63) is 211 Å². The van der Waals surface area contributed by atoms with Gasteiger partial charge < -0.3 is 4.90 Å². The normalized spacial score (nSPS) is 12.6. The van der Waals surface area contributed by atoms with Gasteiger partial charge in [-0.2, -0.15) is 0 Å². The summed E-state index contributed by atoms with van der Waals surface area (Å²) in [6.45, 7) is 0. The summed E-state index contributed by atoms with van der Waals surface area (Å²) in [4.78, 5) is 2.49. The average molecular weight is 776 g/mol. The van der Waals surface area contributed by atoms with Crippen LogP contribution in [0, 0.1) is 0 Å². The summed E-state index contributed by atoms with van der Waals surface area (Å²) in [5.41, 5.74) is 7.79. The van der Waals surface area contributed by atoms with E-state index in [0.29, 0.717) is 5.92 Å². The molecule has 12 rings (SSSR count). The lowest BCUT2D eigenvalue weighted by molar-refractivity contribution is 0.686. The maximum Gasteiger partial charge on any atom is 0.0640 e. The van der Waals surface area contributed by atoms with Crippen molar-refractivity contribution in [3.63, 3.8) is 0 Å². The van der Waals surface area contributed by atoms with E-state index in [0.717, 1.165) is 18.5 Å². The second-order valence-corrected chi connectivity index (χ2v) is 17.7. The molecule has 0 fully saturated rings. The van der Waals surface area contributed by atoms with Crippen molar-refractivity contribution in [1.82, 2.24) is 0 Å². The fraction of sp³-hybridized carbons (Fsp3) is 0.0545. The molecule has 3 heteroatoms. The van der Waals surface area contributed by atoms with E-state index in [2.05, 4.69) is 199 Å². The van der Waals surface area contributed by atoms with Gasteiger partial charge in [-0.15, -0.1) is 22.7 Å². The van der Waals surface area contributed by atoms with Gasteiger partial charge in [0.1, 0.15) is 0 Å². The highest BCUT2D eigenvalue weighted by Gasteiger charge is 2.23. The Balaban J connectivity index is 1.03. The Morgan fingerprint density at radius 2 is 0.914 bits per heavy atom. The van der Waals surface area contributed by atoms with Crippen LogP contribution < -0.4 is 4.90 Å². The molecule has 12 aromatic rings. The van der Waals surface area contributed by atoms with E-state index in [1.807, 2.05) is 22.7 Å². The number of hydrogen-bond donors (Lipinski definition) is 0. The molecule has 2 aromatic heterocycles. The summed E-state index contributed by atoms with van der Waals surface area (Å²) in [6, 6.07) is 72.3. The summed E-state index contributed by atoms with van der Waals surface area (Å²) < 4.78 is 5.40. The molecule has 0 N–H and O–H groups in total. The van der Waals surface area contributed by atoms with Crippen molar-refractivity contribution in [3.8, 4) is 0 Å². The van der Waals surface area contributed by atoms with Gasteiger partial charge in [0.05, 0.1) is 16.1 Å². The number of fused-ring (bicyclic) bond motifs is 6. The highest BCUT2D eigenvalue weighted by molar-refractivity contribution is 7.26. The summed E-state index contributed by atoms with van der Waals surface area (Å²) in [5, 5.41) is 13.2. The van der Waals surface area contributed by atoms with Gasteiger partial charge in [-0.1, -0.05) is 158 Å². The van der Waals surface area contributed by atoms with Crippen LogP contribution in [0.25, 0.3) is 72.7 Å². The minimum Gasteiger partial charge on any atom is -0.308 e. The van der Waals surface area contributed by atoms with E-state index >= 15 is 0 Å². The van der Waals surface area contributed by atoms with Crippen molar-refractivity contribution in [2.24, 2.45) is 0 Å². The van der Waals surface area contributed by atoms with E-state index in [1.54, 1.807) is 0 Å². The number of para-hydroxylation sites is 1. The summed E-state index contributed by atoms with van der Waals surface area (Å²) in [6.07, 6.45) is 1.94. The van der Waals surface area contributed by atoms with Gasteiger partial charge in [-0.05, 0) is 98.8 Å². The third-order valence-corrected chi connectivity index (χ3v) is 14.8. The lowest BCUT2D eigenvalue weighted by Gasteiger charge is -2.28. The third-order valence-electron chi connectivity index (χ3n) is 12.3. The molecule has 10 aromatic carbocycles. The number of rotatable bonds is 8. The first kappa shape index (κ1) is 33.6. The Hall–Kier alpha value is -6.52. The zero-order valence-corrected chi connectivity index (χ0v) is 33.4. The molecule has 0 aliphatic heterocycles. The maximum atomic E-state index is 2.49. The number of anilines is 3. The van der Waals surface area contributed by atoms with Crippen molar-refractivity contribution in [2.75, 3.05) is 4.90 Å². The first-order valence-electron chi connectivity index (χ1n) is 20.2. The lowest BCUT2D eigenvalue weighted by atomic mass is 9.83. The Labute approximate surface area is 345 Å². The van der Waals surface area contributed by atoms with Crippen molar-refractivity contribution in [1.29, 1.82) is 0 Å². The fourth-order valence-electron chi connectivity index (χ4n) is 9.64. The molecule has 0 saturated heterocycles. The predicted molar refractivity (Wildman–Crippen MR) is 254 cm³/mol. The molecule has 0 amide bonds. The van der Waals surface area contributed by atoms with Crippen LogP contribution in [0.1, 0.15) is 22.6 Å². The second-order valence-electron chi connectivity index (χ2n) is 15.6. The van der Waals surface area contributed by atoms with Crippen LogP contribution in [0.5, 0.6) is 0 Å². The number of benzene rings is 10. The minimum atomic E-state index is 0.321. The highest BCUT2D eigenvalue weighted by Crippen LogP contribution is 2.49. The standard InChI is InChI=1S/C55H37NS2/c1-3-13-35(14-4-1)40(34-39-15-11-20-45-43-18-7-9-23-50(43)57-54(39)45)33-38-26-25-36-28-31-47-48(32-29-37-27-30-42(38)52(36)53(37)47)56(41-16-5-2-6-17-41)49-22-12-21-46-44-19-8-10-24-51(44)58-55(46)49/h1-32,40H,33-34H2/t40-/m1/s1. The number of hydrogen-bond acceptors (Lipinski definition) is 3. The third kappa shape index (κ3) is 5.35. The lowest BCUT2D eigenvalue weighted by Crippen LogP contribution is -2.10. The zero-order chi connectivity index (χ0) is 38.2. The Kier molecular flexibility index (Phi) is 7.85. The molecule has 0 unspecified atom stereocenters. The van der Waals surface area contributed by atoms with Crippen molar-refractivity contribution < 1.29 is 0 Å². The molecule has 2 heterocycles. The average Bonchev–Trinajstić information content (AvgIpc) is 3.87. The molecule has 0 bridgehead atoms. The predicted octanol–water partition coefficient (Wildman–Crippen LogP) is 16.4. The topological polar surface area (TPSA) is 3.24 Å². The van der Waals surface area contributed by atoms with Crippen LogP contribution in [-0.4, -0.2) is 0 Å². The SMILES string of the molecule is c1ccc([C@H](Cc2ccc3ccc4c(N(c5ccccc5)c5cccc6c5sc5ccccc56)ccc5ccc2c3c54)Cc2cccc3c2sc2ccccc23)cc1. The second kappa shape index (κ2) is 13.6. The summed E-state index contributed by atoms with van der Waals surface area (Å²) >= 11 is 3.82. The maximum absolute atomic E-state index is 2.49. The largest absolute Gasteiger partial charge is 0.308 e. The smallest absolute Gasteiger partial charge is 0.0640 e. The molecule has 0 spiro atoms. The van der Waals surface area contributed by atoms with Crippen molar-refractivity contribution in [2.45, 2.75) is 18.8 Å². The van der Waals surface area contributed by atoms with Gasteiger partial charge in [-0.25, -0.2) is 0 Å². The van der Waals surface area contributed by atoms with Gasteiger partial charge >= 0.3 is 0 Å². The van der Waals surface area contributed by atoms with Gasteiger partial charge in [0.2, 0.25) is 0 Å². The molecular weight excluding hydrogens is 739 g/mol. The molecule has 0 aliphatic rings. The monoisotopic (exact) mass is 775 g/mol. The van der Waals surface area contributed by atoms with Crippen LogP contribution in [0.3, 0.4) is 0 Å². The molecule has 0 radical (unpaired) electrons. The van der Waals surface area contributed by atoms with E-state index in [-0.39, 0.29) is 0 Å². The molecule has 274 valence electrons. The van der Waals surface area contributed by atoms with Crippen LogP contribution >= 0.6 is 22.7 Å². The Morgan fingerprint density at radius 1 is 0.362 bits per heavy atom. The van der Waals surface area contributed by atoms with Crippen LogP contribution in [0.15, 0.2) is 194 Å². The molecule has 0 saturated carbocycles. The van der Waals surface area contributed by atoms with Crippen LogP contribution in [0.4, 0.5) is 17.1 Å². The first-order chi connectivity index (χ1) is 28.8. The fourth-order valence-corrected chi connectivity index (χ4v) is 12.1. The van der Waals surface area contributed by atoms with Gasteiger partial charge in [-0.3, -0.25) is 0 Å². The van der Waals surface area contributed by atoms with Gasteiger partial charge in [0.25, 0.3) is 0 Å². The molecule has 1 nitrogen and oxygen atoms in total. The number of nitrogens with zero attached hydrogens (tertiary/aromatic N) is 1. The van der Waals surface area contributed by atoms with E-state index in [4.69, 9.17) is 0 Å². The van der Waals surface area contributed by atoms with E-state index in [1.165, 1.54) is 101 Å². The molecule has 58 heavy (non-hydrogen) atoms. The summed E-state index contributed by atoms with van der Waals surface area (Å²) in [5.74, 6) is 0.321. The zero-order valence-electron chi connectivity index (χ0n) is 31.7. The summed E-state index contributed by atoms with van der Waals surface area (Å²) in [7, 11) is 0. The molecule has 1 atom stereocenters. The van der Waals surface area contributed by atoms with Gasteiger partial charge in [0, 0.05) is 46.7 Å². The van der Waals surface area contributed by atoms with Crippen molar-refractivity contribution >= 4 is 112 Å². The highest BCUT2D eigenvalue weighted by atomic mass is 32.1. The minimum absolute atomic E-state index is 0.321. The Morgan fingerprint density at radius 3 is 1.67 bits per heavy atom. The molecule has 0 aliphatic carbocycles. The van der Waals surface area contributed by atoms with Crippen LogP contribution in [0.2, 0.25) is 0 Å². The quantitative estimate of drug-likeness (QED) is 0.139. The van der Waals surface area contributed by atoms with Gasteiger partial charge in [0.15, 0.2) is 0 Å². The Bertz CT molecular complexity index is 3470. The van der Waals surface area contributed by atoms with Crippen LogP contribution in [-0.2, 0) is 12.8 Å². The van der Waals surface area contributed by atoms with E-state index in [9.17, 15) is 0 Å². The number of thiophene rings is 2.